The van der Waals surface area contributed by atoms with E-state index in [9.17, 15) is 0 Å². The molecule has 3 nitrogen and oxygen atoms in total. The quantitative estimate of drug-likeness (QED) is 0.912. The van der Waals surface area contributed by atoms with Crippen LogP contribution in [0.3, 0.4) is 0 Å². The zero-order chi connectivity index (χ0) is 13.2. The highest BCUT2D eigenvalue weighted by molar-refractivity contribution is 9.10. The maximum Gasteiger partial charge on any atom is 0.231 e. The molecule has 1 unspecified atom stereocenters. The molecular weight excluding hydrogens is 306 g/mol. The Morgan fingerprint density at radius 2 is 1.89 bits per heavy atom. The topological polar surface area (TPSA) is 30.5 Å². The normalized spacial score (nSPS) is 14.2. The summed E-state index contributed by atoms with van der Waals surface area (Å²) in [5.41, 5.74) is 2.24. The van der Waals surface area contributed by atoms with Gasteiger partial charge in [0.2, 0.25) is 6.79 Å². The van der Waals surface area contributed by atoms with Crippen molar-refractivity contribution in [3.05, 3.63) is 52.5 Å². The van der Waals surface area contributed by atoms with Gasteiger partial charge in [0, 0.05) is 22.3 Å². The number of benzene rings is 2. The minimum absolute atomic E-state index is 0.205. The van der Waals surface area contributed by atoms with Crippen LogP contribution in [0.25, 0.3) is 0 Å². The largest absolute Gasteiger partial charge is 0.454 e. The summed E-state index contributed by atoms with van der Waals surface area (Å²) in [5, 5.41) is 3.46. The van der Waals surface area contributed by atoms with E-state index >= 15 is 0 Å². The van der Waals surface area contributed by atoms with Gasteiger partial charge in [0.15, 0.2) is 11.5 Å². The molecule has 2 aromatic carbocycles. The molecule has 4 heteroatoms. The van der Waals surface area contributed by atoms with Crippen LogP contribution >= 0.6 is 15.9 Å². The van der Waals surface area contributed by atoms with Gasteiger partial charge in [-0.25, -0.2) is 0 Å². The molecule has 1 aliphatic heterocycles. The zero-order valence-corrected chi connectivity index (χ0v) is 12.1. The van der Waals surface area contributed by atoms with Crippen LogP contribution in [0.2, 0.25) is 0 Å². The van der Waals surface area contributed by atoms with Crippen molar-refractivity contribution < 1.29 is 9.47 Å². The molecule has 98 valence electrons. The second kappa shape index (κ2) is 5.13. The summed E-state index contributed by atoms with van der Waals surface area (Å²) < 4.78 is 11.8. The lowest BCUT2D eigenvalue weighted by molar-refractivity contribution is 0.174. The van der Waals surface area contributed by atoms with E-state index in [0.717, 1.165) is 21.7 Å². The first-order chi connectivity index (χ1) is 9.24. The van der Waals surface area contributed by atoms with Crippen LogP contribution in [-0.4, -0.2) is 6.79 Å². The average molecular weight is 320 g/mol. The Labute approximate surface area is 120 Å². The van der Waals surface area contributed by atoms with E-state index in [1.165, 1.54) is 5.56 Å². The molecule has 1 aliphatic rings. The Balaban J connectivity index is 1.80. The van der Waals surface area contributed by atoms with E-state index in [1.54, 1.807) is 0 Å². The molecule has 1 heterocycles. The van der Waals surface area contributed by atoms with Crippen molar-refractivity contribution in [2.24, 2.45) is 0 Å². The second-order valence-corrected chi connectivity index (χ2v) is 5.31. The fraction of sp³-hybridized carbons (Fsp3) is 0.200. The molecule has 19 heavy (non-hydrogen) atoms. The van der Waals surface area contributed by atoms with Gasteiger partial charge in [0.1, 0.15) is 0 Å². The molecule has 0 amide bonds. The summed E-state index contributed by atoms with van der Waals surface area (Å²) in [6.07, 6.45) is 0. The summed E-state index contributed by atoms with van der Waals surface area (Å²) in [4.78, 5) is 0. The van der Waals surface area contributed by atoms with E-state index in [4.69, 9.17) is 9.47 Å². The van der Waals surface area contributed by atoms with Gasteiger partial charge in [-0.3, -0.25) is 0 Å². The molecule has 1 N–H and O–H groups in total. The van der Waals surface area contributed by atoms with Crippen LogP contribution in [0.4, 0.5) is 5.69 Å². The van der Waals surface area contributed by atoms with Crippen LogP contribution in [0, 0.1) is 0 Å². The number of halogens is 1. The van der Waals surface area contributed by atoms with E-state index in [1.807, 2.05) is 36.4 Å². The average Bonchev–Trinajstić information content (AvgIpc) is 2.86. The summed E-state index contributed by atoms with van der Waals surface area (Å²) in [6, 6.07) is 14.3. The van der Waals surface area contributed by atoms with Gasteiger partial charge in [0.25, 0.3) is 0 Å². The van der Waals surface area contributed by atoms with Gasteiger partial charge in [0.05, 0.1) is 0 Å². The Kier molecular flexibility index (Phi) is 3.34. The van der Waals surface area contributed by atoms with Gasteiger partial charge >= 0.3 is 0 Å². The Bertz CT molecular complexity index is 600. The second-order valence-electron chi connectivity index (χ2n) is 4.46. The molecule has 0 bridgehead atoms. The van der Waals surface area contributed by atoms with Crippen molar-refractivity contribution in [1.29, 1.82) is 0 Å². The van der Waals surface area contributed by atoms with Crippen LogP contribution in [0.15, 0.2) is 46.9 Å². The van der Waals surface area contributed by atoms with Gasteiger partial charge in [-0.2, -0.15) is 0 Å². The fourth-order valence-corrected chi connectivity index (χ4v) is 2.77. The van der Waals surface area contributed by atoms with Crippen LogP contribution in [-0.2, 0) is 0 Å². The molecule has 0 radical (unpaired) electrons. The maximum absolute atomic E-state index is 5.38. The Morgan fingerprint density at radius 3 is 2.74 bits per heavy atom. The maximum atomic E-state index is 5.38. The molecular formula is C15H14BrNO2. The zero-order valence-electron chi connectivity index (χ0n) is 10.5. The van der Waals surface area contributed by atoms with Crippen LogP contribution in [0.1, 0.15) is 18.5 Å². The minimum Gasteiger partial charge on any atom is -0.454 e. The lowest BCUT2D eigenvalue weighted by atomic mass is 10.1. The van der Waals surface area contributed by atoms with E-state index in [0.29, 0.717) is 6.79 Å². The first-order valence-corrected chi connectivity index (χ1v) is 6.94. The molecule has 0 aromatic heterocycles. The summed E-state index contributed by atoms with van der Waals surface area (Å²) in [7, 11) is 0. The number of anilines is 1. The first-order valence-electron chi connectivity index (χ1n) is 6.14. The molecule has 0 saturated carbocycles. The third kappa shape index (κ3) is 2.54. The molecule has 1 atom stereocenters. The van der Waals surface area contributed by atoms with E-state index in [2.05, 4.69) is 34.2 Å². The van der Waals surface area contributed by atoms with Crippen molar-refractivity contribution in [2.45, 2.75) is 13.0 Å². The molecule has 3 rings (SSSR count). The van der Waals surface area contributed by atoms with Gasteiger partial charge in [-0.1, -0.05) is 34.1 Å². The van der Waals surface area contributed by atoms with Crippen LogP contribution in [0.5, 0.6) is 11.5 Å². The summed E-state index contributed by atoms with van der Waals surface area (Å²) >= 11 is 3.58. The van der Waals surface area contributed by atoms with E-state index in [-0.39, 0.29) is 6.04 Å². The minimum atomic E-state index is 0.205. The highest BCUT2D eigenvalue weighted by atomic mass is 79.9. The Hall–Kier alpha value is -1.68. The van der Waals surface area contributed by atoms with Crippen molar-refractivity contribution in [3.63, 3.8) is 0 Å². The third-order valence-corrected chi connectivity index (χ3v) is 3.85. The molecule has 0 fully saturated rings. The number of rotatable bonds is 3. The van der Waals surface area contributed by atoms with Crippen molar-refractivity contribution in [3.8, 4) is 11.5 Å². The fourth-order valence-electron chi connectivity index (χ4n) is 2.14. The predicted molar refractivity (Wildman–Crippen MR) is 78.7 cm³/mol. The van der Waals surface area contributed by atoms with Crippen molar-refractivity contribution in [2.75, 3.05) is 12.1 Å². The third-order valence-electron chi connectivity index (χ3n) is 3.13. The molecule has 0 spiro atoms. The summed E-state index contributed by atoms with van der Waals surface area (Å²) in [5.74, 6) is 1.60. The number of hydrogen-bond donors (Lipinski definition) is 1. The molecule has 0 saturated heterocycles. The number of ether oxygens (including phenoxy) is 2. The smallest absolute Gasteiger partial charge is 0.231 e. The number of nitrogens with one attached hydrogen (secondary N) is 1. The SMILES string of the molecule is CC(Nc1ccc2c(c1)OCO2)c1ccccc1Br. The Morgan fingerprint density at radius 1 is 1.11 bits per heavy atom. The van der Waals surface area contributed by atoms with Crippen LogP contribution < -0.4 is 14.8 Å². The lowest BCUT2D eigenvalue weighted by Crippen LogP contribution is -2.07. The summed E-state index contributed by atoms with van der Waals surface area (Å²) in [6.45, 7) is 2.43. The highest BCUT2D eigenvalue weighted by Crippen LogP contribution is 2.35. The van der Waals surface area contributed by atoms with Gasteiger partial charge in [-0.05, 0) is 30.7 Å². The number of hydrogen-bond acceptors (Lipinski definition) is 3. The monoisotopic (exact) mass is 319 g/mol. The molecule has 2 aromatic rings. The van der Waals surface area contributed by atoms with E-state index < -0.39 is 0 Å². The van der Waals surface area contributed by atoms with Crippen molar-refractivity contribution >= 4 is 21.6 Å². The van der Waals surface area contributed by atoms with Gasteiger partial charge in [-0.15, -0.1) is 0 Å². The predicted octanol–water partition coefficient (Wildman–Crippen LogP) is 4.35. The highest BCUT2D eigenvalue weighted by Gasteiger charge is 2.14. The molecule has 0 aliphatic carbocycles. The number of fused-ring (bicyclic) bond motifs is 1. The first kappa shape index (κ1) is 12.4. The van der Waals surface area contributed by atoms with Crippen molar-refractivity contribution in [1.82, 2.24) is 0 Å². The lowest BCUT2D eigenvalue weighted by Gasteiger charge is -2.17. The standard InChI is InChI=1S/C15H14BrNO2/c1-10(12-4-2-3-5-13(12)16)17-11-6-7-14-15(8-11)19-9-18-14/h2-8,10,17H,9H2,1H3. The van der Waals surface area contributed by atoms with Gasteiger partial charge < -0.3 is 14.8 Å².